The highest BCUT2D eigenvalue weighted by Gasteiger charge is 2.33. The van der Waals surface area contributed by atoms with Gasteiger partial charge in [-0.25, -0.2) is 21.6 Å². The predicted molar refractivity (Wildman–Crippen MR) is 159 cm³/mol. The zero-order valence-electron chi connectivity index (χ0n) is 22.2. The number of nitrogens with zero attached hydrogens (tertiary/aromatic N) is 1. The lowest BCUT2D eigenvalue weighted by Crippen LogP contribution is -2.35. The first-order chi connectivity index (χ1) is 19.2. The van der Waals surface area contributed by atoms with E-state index in [9.17, 15) is 17.2 Å². The van der Waals surface area contributed by atoms with Crippen LogP contribution in [0.15, 0.2) is 106 Å². The highest BCUT2D eigenvalue weighted by Crippen LogP contribution is 2.38. The minimum atomic E-state index is -4.37. The summed E-state index contributed by atoms with van der Waals surface area (Å²) >= 11 is 3.24. The largest absolute Gasteiger partial charge is 0.264 e. The van der Waals surface area contributed by atoms with Crippen LogP contribution < -0.4 is 4.31 Å². The van der Waals surface area contributed by atoms with E-state index in [1.54, 1.807) is 30.8 Å². The number of anilines is 1. The van der Waals surface area contributed by atoms with Gasteiger partial charge in [0.15, 0.2) is 0 Å². The normalized spacial score (nSPS) is 12.3. The second kappa shape index (κ2) is 13.7. The molecule has 210 valence electrons. The van der Waals surface area contributed by atoms with Crippen molar-refractivity contribution in [3.05, 3.63) is 120 Å². The monoisotopic (exact) mass is 601 g/mol. The van der Waals surface area contributed by atoms with Crippen LogP contribution in [0.25, 0.3) is 0 Å². The van der Waals surface area contributed by atoms with E-state index in [4.69, 9.17) is 0 Å². The lowest BCUT2D eigenvalue weighted by Gasteiger charge is -2.32. The van der Waals surface area contributed by atoms with Crippen LogP contribution in [0.2, 0.25) is 0 Å². The fourth-order valence-electron chi connectivity index (χ4n) is 4.45. The van der Waals surface area contributed by atoms with Crippen molar-refractivity contribution in [2.75, 3.05) is 15.8 Å². The van der Waals surface area contributed by atoms with Crippen LogP contribution >= 0.6 is 23.5 Å². The molecule has 4 aromatic rings. The van der Waals surface area contributed by atoms with Gasteiger partial charge in [0, 0.05) is 15.9 Å². The third-order valence-corrected chi connectivity index (χ3v) is 10.3. The molecule has 0 spiro atoms. The Labute approximate surface area is 242 Å². The number of rotatable bonds is 12. The molecule has 0 amide bonds. The molecular formula is C31H30F3NO2S3. The van der Waals surface area contributed by atoms with Crippen LogP contribution in [0.4, 0.5) is 18.9 Å². The SMILES string of the molecule is CCSCCCc1cc(F)ccc1C(C)N(c1cc(F)ccc1F)S(=O)(=O)c1ccc(Sc2ccccc2)cc1. The molecule has 0 aromatic heterocycles. The predicted octanol–water partition coefficient (Wildman–Crippen LogP) is 8.90. The lowest BCUT2D eigenvalue weighted by atomic mass is 9.97. The summed E-state index contributed by atoms with van der Waals surface area (Å²) in [6, 6.07) is 21.9. The molecule has 0 fully saturated rings. The van der Waals surface area contributed by atoms with E-state index in [1.807, 2.05) is 30.3 Å². The van der Waals surface area contributed by atoms with Crippen molar-refractivity contribution in [2.24, 2.45) is 0 Å². The van der Waals surface area contributed by atoms with Crippen LogP contribution in [0.3, 0.4) is 0 Å². The molecular weight excluding hydrogens is 572 g/mol. The number of benzene rings is 4. The van der Waals surface area contributed by atoms with Gasteiger partial charge in [-0.1, -0.05) is 43.0 Å². The van der Waals surface area contributed by atoms with Crippen molar-refractivity contribution >= 4 is 39.2 Å². The van der Waals surface area contributed by atoms with Crippen molar-refractivity contribution in [1.82, 2.24) is 0 Å². The van der Waals surface area contributed by atoms with E-state index in [-0.39, 0.29) is 4.90 Å². The molecule has 3 nitrogen and oxygen atoms in total. The van der Waals surface area contributed by atoms with Gasteiger partial charge in [-0.2, -0.15) is 11.8 Å². The van der Waals surface area contributed by atoms with Gasteiger partial charge >= 0.3 is 0 Å². The first kappa shape index (κ1) is 30.1. The summed E-state index contributed by atoms with van der Waals surface area (Å²) in [5, 5.41) is 0. The summed E-state index contributed by atoms with van der Waals surface area (Å²) in [5.41, 5.74) is 0.759. The molecule has 0 saturated heterocycles. The van der Waals surface area contributed by atoms with Crippen LogP contribution in [0.5, 0.6) is 0 Å². The van der Waals surface area contributed by atoms with Gasteiger partial charge in [0.1, 0.15) is 17.5 Å². The number of halogens is 3. The van der Waals surface area contributed by atoms with Crippen LogP contribution in [0, 0.1) is 17.5 Å². The van der Waals surface area contributed by atoms with E-state index >= 15 is 4.39 Å². The molecule has 0 aliphatic heterocycles. The second-order valence-corrected chi connectivity index (χ2v) is 13.5. The maximum atomic E-state index is 15.2. The van der Waals surface area contributed by atoms with Crippen molar-refractivity contribution < 1.29 is 21.6 Å². The third kappa shape index (κ3) is 7.25. The molecule has 1 unspecified atom stereocenters. The fourth-order valence-corrected chi connectivity index (χ4v) is 7.56. The van der Waals surface area contributed by atoms with Crippen molar-refractivity contribution in [3.63, 3.8) is 0 Å². The average Bonchev–Trinajstić information content (AvgIpc) is 2.94. The van der Waals surface area contributed by atoms with Gasteiger partial charge in [-0.15, -0.1) is 0 Å². The van der Waals surface area contributed by atoms with Gasteiger partial charge in [0.05, 0.1) is 16.6 Å². The van der Waals surface area contributed by atoms with Gasteiger partial charge in [0.2, 0.25) is 0 Å². The van der Waals surface area contributed by atoms with E-state index < -0.39 is 39.2 Å². The molecule has 0 aliphatic carbocycles. The number of sulfonamides is 1. The Morgan fingerprint density at radius 2 is 1.48 bits per heavy atom. The standard InChI is InChI=1S/C31H30F3NO2S3/c1-3-38-19-7-8-23-20-24(32)11-17-29(23)22(2)35(31-21-25(33)12-18-30(31)34)40(36,37)28-15-13-27(14-16-28)39-26-9-5-4-6-10-26/h4-6,9-18,20-22H,3,7-8,19H2,1-2H3. The molecule has 1 atom stereocenters. The molecule has 0 N–H and O–H groups in total. The quantitative estimate of drug-likeness (QED) is 0.152. The minimum Gasteiger partial charge on any atom is -0.256 e. The number of thioether (sulfide) groups is 1. The van der Waals surface area contributed by atoms with E-state index in [0.29, 0.717) is 17.5 Å². The van der Waals surface area contributed by atoms with Gasteiger partial charge < -0.3 is 0 Å². The summed E-state index contributed by atoms with van der Waals surface area (Å²) < 4.78 is 72.9. The third-order valence-electron chi connectivity index (χ3n) is 6.35. The van der Waals surface area contributed by atoms with Crippen LogP contribution in [0.1, 0.15) is 37.4 Å². The van der Waals surface area contributed by atoms with E-state index in [1.165, 1.54) is 42.1 Å². The summed E-state index contributed by atoms with van der Waals surface area (Å²) in [6.45, 7) is 3.67. The number of hydrogen-bond donors (Lipinski definition) is 0. The molecule has 4 rings (SSSR count). The molecule has 0 saturated carbocycles. The van der Waals surface area contributed by atoms with E-state index in [0.717, 1.165) is 50.2 Å². The molecule has 0 radical (unpaired) electrons. The molecule has 0 heterocycles. The van der Waals surface area contributed by atoms with E-state index in [2.05, 4.69) is 6.92 Å². The minimum absolute atomic E-state index is 0.0663. The summed E-state index contributed by atoms with van der Waals surface area (Å²) in [4.78, 5) is 1.76. The Bertz CT molecular complexity index is 1530. The molecule has 0 aliphatic rings. The van der Waals surface area contributed by atoms with Crippen LogP contribution in [-0.4, -0.2) is 19.9 Å². The van der Waals surface area contributed by atoms with Crippen molar-refractivity contribution in [2.45, 2.75) is 47.4 Å². The van der Waals surface area contributed by atoms with Gasteiger partial charge in [0.25, 0.3) is 10.0 Å². The van der Waals surface area contributed by atoms with Crippen molar-refractivity contribution in [1.29, 1.82) is 0 Å². The molecule has 9 heteroatoms. The highest BCUT2D eigenvalue weighted by molar-refractivity contribution is 7.99. The van der Waals surface area contributed by atoms with Crippen LogP contribution in [-0.2, 0) is 16.4 Å². The average molecular weight is 602 g/mol. The molecule has 0 bridgehead atoms. The maximum Gasteiger partial charge on any atom is 0.264 e. The summed E-state index contributed by atoms with van der Waals surface area (Å²) in [7, 11) is -4.37. The smallest absolute Gasteiger partial charge is 0.256 e. The Morgan fingerprint density at radius 3 is 2.17 bits per heavy atom. The van der Waals surface area contributed by atoms with Crippen molar-refractivity contribution in [3.8, 4) is 0 Å². The topological polar surface area (TPSA) is 37.4 Å². The summed E-state index contributed by atoms with van der Waals surface area (Å²) in [6.07, 6.45) is 1.29. The molecule has 40 heavy (non-hydrogen) atoms. The zero-order valence-corrected chi connectivity index (χ0v) is 24.6. The Hall–Kier alpha value is -2.88. The maximum absolute atomic E-state index is 15.2. The Kier molecular flexibility index (Phi) is 10.3. The molecule has 4 aromatic carbocycles. The number of hydrogen-bond acceptors (Lipinski definition) is 4. The Balaban J connectivity index is 1.75. The van der Waals surface area contributed by atoms with Gasteiger partial charge in [-0.05, 0) is 103 Å². The summed E-state index contributed by atoms with van der Waals surface area (Å²) in [5.74, 6) is -0.258. The second-order valence-electron chi connectivity index (χ2n) is 9.10. The first-order valence-electron chi connectivity index (χ1n) is 12.9. The van der Waals surface area contributed by atoms with Gasteiger partial charge in [-0.3, -0.25) is 4.31 Å². The Morgan fingerprint density at radius 1 is 0.825 bits per heavy atom. The fraction of sp³-hybridized carbons (Fsp3) is 0.226. The first-order valence-corrected chi connectivity index (χ1v) is 16.3. The number of aryl methyl sites for hydroxylation is 1. The highest BCUT2D eigenvalue weighted by atomic mass is 32.2. The zero-order chi connectivity index (χ0) is 28.7. The lowest BCUT2D eigenvalue weighted by molar-refractivity contribution is 0.569.